The van der Waals surface area contributed by atoms with Crippen molar-refractivity contribution >= 4 is 23.4 Å². The van der Waals surface area contributed by atoms with Gasteiger partial charge in [-0.05, 0) is 62.9 Å². The fourth-order valence-electron chi connectivity index (χ4n) is 3.74. The molecule has 1 aromatic rings. The van der Waals surface area contributed by atoms with Crippen LogP contribution in [0, 0.1) is 5.92 Å². The van der Waals surface area contributed by atoms with E-state index in [9.17, 15) is 9.59 Å². The molecule has 7 heteroatoms. The van der Waals surface area contributed by atoms with Crippen LogP contribution in [0.5, 0.6) is 0 Å². The maximum atomic E-state index is 12.2. The van der Waals surface area contributed by atoms with Crippen LogP contribution < -0.4 is 10.7 Å². The number of hydrogen-bond acceptors (Lipinski definition) is 4. The molecular formula is C20H29ClN4O2. The summed E-state index contributed by atoms with van der Waals surface area (Å²) in [5.41, 5.74) is 3.62. The minimum atomic E-state index is -0.0826. The van der Waals surface area contributed by atoms with Crippen molar-refractivity contribution in [3.63, 3.8) is 0 Å². The second-order valence-electron chi connectivity index (χ2n) is 7.52. The lowest BCUT2D eigenvalue weighted by molar-refractivity contribution is -0.127. The molecule has 2 aliphatic heterocycles. The van der Waals surface area contributed by atoms with Gasteiger partial charge in [-0.25, -0.2) is 5.01 Å². The summed E-state index contributed by atoms with van der Waals surface area (Å²) in [6.07, 6.45) is 5.56. The van der Waals surface area contributed by atoms with Gasteiger partial charge in [0.1, 0.15) is 0 Å². The third kappa shape index (κ3) is 6.48. The normalized spacial score (nSPS) is 19.6. The number of nitrogens with zero attached hydrogens (tertiary/aromatic N) is 2. The Hall–Kier alpha value is -1.63. The Labute approximate surface area is 166 Å². The van der Waals surface area contributed by atoms with Crippen molar-refractivity contribution in [2.75, 3.05) is 39.3 Å². The van der Waals surface area contributed by atoms with E-state index in [2.05, 4.69) is 15.6 Å². The van der Waals surface area contributed by atoms with E-state index in [-0.39, 0.29) is 11.8 Å². The van der Waals surface area contributed by atoms with Gasteiger partial charge < -0.3 is 5.32 Å². The Balaban J connectivity index is 1.33. The van der Waals surface area contributed by atoms with E-state index in [1.54, 1.807) is 24.3 Å². The van der Waals surface area contributed by atoms with E-state index < -0.39 is 0 Å². The van der Waals surface area contributed by atoms with Crippen molar-refractivity contribution in [3.05, 3.63) is 34.9 Å². The summed E-state index contributed by atoms with van der Waals surface area (Å²) in [5.74, 6) is 0.458. The van der Waals surface area contributed by atoms with Crippen LogP contribution in [0.15, 0.2) is 24.3 Å². The van der Waals surface area contributed by atoms with Crippen molar-refractivity contribution in [3.8, 4) is 0 Å². The first kappa shape index (κ1) is 20.1. The van der Waals surface area contributed by atoms with Gasteiger partial charge in [-0.15, -0.1) is 0 Å². The average molecular weight is 393 g/mol. The number of halogens is 1. The summed E-state index contributed by atoms with van der Waals surface area (Å²) < 4.78 is 0. The Bertz CT molecular complexity index is 641. The minimum Gasteiger partial charge on any atom is -0.352 e. The number of rotatable bonds is 6. The van der Waals surface area contributed by atoms with Crippen molar-refractivity contribution < 1.29 is 9.59 Å². The van der Waals surface area contributed by atoms with E-state index in [1.165, 1.54) is 6.42 Å². The average Bonchev–Trinajstić information content (AvgIpc) is 2.68. The molecular weight excluding hydrogens is 364 g/mol. The zero-order valence-electron chi connectivity index (χ0n) is 15.8. The molecule has 0 bridgehead atoms. The maximum absolute atomic E-state index is 12.2. The summed E-state index contributed by atoms with van der Waals surface area (Å²) in [4.78, 5) is 26.6. The molecule has 0 unspecified atom stereocenters. The summed E-state index contributed by atoms with van der Waals surface area (Å²) in [7, 11) is 0. The molecule has 148 valence electrons. The van der Waals surface area contributed by atoms with Crippen LogP contribution in [0.4, 0.5) is 0 Å². The number of hydrazine groups is 1. The van der Waals surface area contributed by atoms with Crippen molar-refractivity contribution in [2.45, 2.75) is 32.1 Å². The summed E-state index contributed by atoms with van der Waals surface area (Å²) in [6, 6.07) is 6.99. The molecule has 0 atom stereocenters. The van der Waals surface area contributed by atoms with Gasteiger partial charge in [0.05, 0.1) is 6.54 Å². The first-order valence-electron chi connectivity index (χ1n) is 9.91. The highest BCUT2D eigenvalue weighted by molar-refractivity contribution is 6.30. The van der Waals surface area contributed by atoms with Gasteiger partial charge in [-0.1, -0.05) is 24.1 Å². The summed E-state index contributed by atoms with van der Waals surface area (Å²) in [6.45, 7) is 4.83. The Morgan fingerprint density at radius 1 is 1.07 bits per heavy atom. The van der Waals surface area contributed by atoms with Crippen LogP contribution >= 0.6 is 11.6 Å². The molecule has 0 spiro atoms. The molecule has 2 saturated heterocycles. The van der Waals surface area contributed by atoms with Crippen LogP contribution in [-0.2, 0) is 4.79 Å². The van der Waals surface area contributed by atoms with E-state index in [0.717, 1.165) is 51.9 Å². The molecule has 0 aromatic heterocycles. The first-order chi connectivity index (χ1) is 13.1. The topological polar surface area (TPSA) is 64.7 Å². The quantitative estimate of drug-likeness (QED) is 0.779. The second-order valence-corrected chi connectivity index (χ2v) is 7.96. The van der Waals surface area contributed by atoms with Crippen molar-refractivity contribution in [2.24, 2.45) is 5.92 Å². The van der Waals surface area contributed by atoms with Gasteiger partial charge >= 0.3 is 0 Å². The van der Waals surface area contributed by atoms with E-state index in [0.29, 0.717) is 29.6 Å². The Kier molecular flexibility index (Phi) is 7.50. The molecule has 2 fully saturated rings. The third-order valence-electron chi connectivity index (χ3n) is 5.35. The number of benzene rings is 1. The van der Waals surface area contributed by atoms with E-state index >= 15 is 0 Å². The minimum absolute atomic E-state index is 0.0826. The van der Waals surface area contributed by atoms with Gasteiger partial charge in [0.2, 0.25) is 5.91 Å². The Morgan fingerprint density at radius 3 is 2.52 bits per heavy atom. The number of likely N-dealkylation sites (tertiary alicyclic amines) is 1. The number of piperidine rings is 2. The lowest BCUT2D eigenvalue weighted by Crippen LogP contribution is -2.50. The molecule has 6 nitrogen and oxygen atoms in total. The van der Waals surface area contributed by atoms with Gasteiger partial charge in [0.15, 0.2) is 0 Å². The number of carbonyl (C=O) groups excluding carboxylic acids is 2. The lowest BCUT2D eigenvalue weighted by atomic mass is 9.96. The second kappa shape index (κ2) is 10.1. The SMILES string of the molecule is O=C(CN1CCC(CNC(=O)c2cccc(Cl)c2)CC1)NN1CCCCC1. The fraction of sp³-hybridized carbons (Fsp3) is 0.600. The zero-order chi connectivity index (χ0) is 19.1. The highest BCUT2D eigenvalue weighted by Crippen LogP contribution is 2.17. The van der Waals surface area contributed by atoms with Crippen LogP contribution in [0.2, 0.25) is 5.02 Å². The summed E-state index contributed by atoms with van der Waals surface area (Å²) in [5, 5.41) is 5.62. The van der Waals surface area contributed by atoms with Crippen LogP contribution in [-0.4, -0.2) is 61.0 Å². The van der Waals surface area contributed by atoms with E-state index in [4.69, 9.17) is 11.6 Å². The molecule has 0 aliphatic carbocycles. The number of hydrogen-bond donors (Lipinski definition) is 2. The van der Waals surface area contributed by atoms with Gasteiger partial charge in [-0.2, -0.15) is 0 Å². The van der Waals surface area contributed by atoms with Gasteiger partial charge in [-0.3, -0.25) is 19.9 Å². The number of amides is 2. The molecule has 2 aliphatic rings. The maximum Gasteiger partial charge on any atom is 0.251 e. The fourth-order valence-corrected chi connectivity index (χ4v) is 3.93. The summed E-state index contributed by atoms with van der Waals surface area (Å²) >= 11 is 5.94. The Morgan fingerprint density at radius 2 is 1.81 bits per heavy atom. The zero-order valence-corrected chi connectivity index (χ0v) is 16.5. The van der Waals surface area contributed by atoms with Gasteiger partial charge in [0, 0.05) is 30.2 Å². The van der Waals surface area contributed by atoms with Crippen LogP contribution in [0.1, 0.15) is 42.5 Å². The smallest absolute Gasteiger partial charge is 0.251 e. The predicted octanol–water partition coefficient (Wildman–Crippen LogP) is 2.30. The largest absolute Gasteiger partial charge is 0.352 e. The number of carbonyl (C=O) groups is 2. The molecule has 0 radical (unpaired) electrons. The molecule has 27 heavy (non-hydrogen) atoms. The highest BCUT2D eigenvalue weighted by atomic mass is 35.5. The van der Waals surface area contributed by atoms with E-state index in [1.807, 2.05) is 5.01 Å². The van der Waals surface area contributed by atoms with Gasteiger partial charge in [0.25, 0.3) is 5.91 Å². The van der Waals surface area contributed by atoms with Crippen molar-refractivity contribution in [1.29, 1.82) is 0 Å². The van der Waals surface area contributed by atoms with Crippen LogP contribution in [0.25, 0.3) is 0 Å². The predicted molar refractivity (Wildman–Crippen MR) is 107 cm³/mol. The van der Waals surface area contributed by atoms with Crippen LogP contribution in [0.3, 0.4) is 0 Å². The first-order valence-corrected chi connectivity index (χ1v) is 10.3. The molecule has 1 aromatic carbocycles. The molecule has 2 N–H and O–H groups in total. The molecule has 2 heterocycles. The standard InChI is InChI=1S/C20H29ClN4O2/c21-18-6-4-5-17(13-18)20(27)22-14-16-7-11-24(12-8-16)15-19(26)23-25-9-2-1-3-10-25/h4-6,13,16H,1-3,7-12,14-15H2,(H,22,27)(H,23,26). The molecule has 0 saturated carbocycles. The number of nitrogens with one attached hydrogen (secondary N) is 2. The lowest BCUT2D eigenvalue weighted by Gasteiger charge is -2.33. The third-order valence-corrected chi connectivity index (χ3v) is 5.59. The molecule has 3 rings (SSSR count). The molecule has 2 amide bonds. The highest BCUT2D eigenvalue weighted by Gasteiger charge is 2.22. The van der Waals surface area contributed by atoms with Crippen molar-refractivity contribution in [1.82, 2.24) is 20.7 Å². The monoisotopic (exact) mass is 392 g/mol.